The first-order valence-electron chi connectivity index (χ1n) is 34.8. The predicted molar refractivity (Wildman–Crippen MR) is 479 cm³/mol. The maximum Gasteiger partial charge on any atom is 0.137 e. The average molecular weight is 1950 g/mol. The molecule has 20 rings (SSSR count). The van der Waals surface area contributed by atoms with E-state index in [1.54, 1.807) is 102 Å². The number of phenolic OH excluding ortho intramolecular Hbond substituents is 1. The van der Waals surface area contributed by atoms with Gasteiger partial charge in [-0.2, -0.15) is 15.4 Å². The van der Waals surface area contributed by atoms with Crippen LogP contribution in [0.15, 0.2) is 365 Å². The molecular formula is C87H71Br5IN17O4. The minimum atomic E-state index is 0. The van der Waals surface area contributed by atoms with Crippen molar-refractivity contribution in [1.29, 1.82) is 0 Å². The molecule has 1 aliphatic carbocycles. The van der Waals surface area contributed by atoms with E-state index >= 15 is 0 Å². The van der Waals surface area contributed by atoms with Crippen LogP contribution in [0, 0.1) is 0 Å². The van der Waals surface area contributed by atoms with Gasteiger partial charge in [-0.25, -0.2) is 29.0 Å². The maximum atomic E-state index is 9.15. The van der Waals surface area contributed by atoms with Crippen LogP contribution in [0.4, 0.5) is 0 Å². The molecule has 0 aliphatic heterocycles. The summed E-state index contributed by atoms with van der Waals surface area (Å²) in [5, 5.41) is 46.3. The van der Waals surface area contributed by atoms with Crippen molar-refractivity contribution in [2.45, 2.75) is 6.42 Å². The monoisotopic (exact) mass is 1940 g/mol. The molecular weight excluding hydrogens is 1870 g/mol. The van der Waals surface area contributed by atoms with Crippen LogP contribution < -0.4 is 14.2 Å². The highest BCUT2D eigenvalue weighted by molar-refractivity contribution is 14.1. The Labute approximate surface area is 714 Å². The minimum absolute atomic E-state index is 0. The van der Waals surface area contributed by atoms with Crippen molar-refractivity contribution in [3.05, 3.63) is 376 Å². The van der Waals surface area contributed by atoms with Gasteiger partial charge in [0.15, 0.2) is 0 Å². The first-order chi connectivity index (χ1) is 55.5. The summed E-state index contributed by atoms with van der Waals surface area (Å²) in [4.78, 5) is 14.9. The normalized spacial score (nSPS) is 10.4. The van der Waals surface area contributed by atoms with Crippen LogP contribution in [-0.4, -0.2) is 109 Å². The van der Waals surface area contributed by atoms with Gasteiger partial charge in [0.2, 0.25) is 0 Å². The number of phenols is 1. The van der Waals surface area contributed by atoms with Gasteiger partial charge >= 0.3 is 0 Å². The van der Waals surface area contributed by atoms with Crippen LogP contribution in [0.1, 0.15) is 11.1 Å². The van der Waals surface area contributed by atoms with Crippen molar-refractivity contribution in [3.8, 4) is 68.6 Å². The van der Waals surface area contributed by atoms with Crippen LogP contribution in [0.5, 0.6) is 28.7 Å². The van der Waals surface area contributed by atoms with Crippen LogP contribution in [-0.2, 0) is 6.42 Å². The molecule has 0 saturated heterocycles. The fraction of sp³-hybridized carbons (Fsp3) is 0.0460. The number of nitrogens with one attached hydrogen (secondary N) is 1. The van der Waals surface area contributed by atoms with Gasteiger partial charge in [-0.15, -0.1) is 32.3 Å². The number of rotatable bonds is 9. The molecule has 9 heterocycles. The molecule has 0 amide bonds. The Bertz CT molecular complexity index is 6100. The van der Waals surface area contributed by atoms with Crippen LogP contribution in [0.2, 0.25) is 0 Å². The predicted octanol–water partition coefficient (Wildman–Crippen LogP) is 22.5. The molecule has 0 atom stereocenters. The zero-order chi connectivity index (χ0) is 78.5. The lowest BCUT2D eigenvalue weighted by molar-refractivity contribution is 0.414. The molecule has 10 aromatic carbocycles. The van der Waals surface area contributed by atoms with E-state index in [1.807, 2.05) is 163 Å². The van der Waals surface area contributed by atoms with Gasteiger partial charge in [0.05, 0.1) is 103 Å². The van der Waals surface area contributed by atoms with Gasteiger partial charge in [-0.3, -0.25) is 9.13 Å². The summed E-state index contributed by atoms with van der Waals surface area (Å²) in [6.45, 7) is 0. The molecule has 570 valence electrons. The zero-order valence-electron chi connectivity index (χ0n) is 61.2. The number of aromatic nitrogens is 17. The first-order valence-corrected chi connectivity index (χ1v) is 40.1. The number of benzene rings is 10. The maximum absolute atomic E-state index is 9.15. The number of fused-ring (bicyclic) bond motifs is 9. The lowest BCUT2D eigenvalue weighted by Crippen LogP contribution is -1.97. The largest absolute Gasteiger partial charge is 0.508 e. The van der Waals surface area contributed by atoms with Crippen molar-refractivity contribution in [1.82, 2.24) is 84.5 Å². The fourth-order valence-corrected chi connectivity index (χ4v) is 13.3. The molecule has 2 N–H and O–H groups in total. The highest BCUT2D eigenvalue weighted by Crippen LogP contribution is 2.39. The number of hydrogen-bond acceptors (Lipinski definition) is 15. The van der Waals surface area contributed by atoms with E-state index in [4.69, 9.17) is 19.3 Å². The third kappa shape index (κ3) is 22.3. The molecule has 0 radical (unpaired) electrons. The van der Waals surface area contributed by atoms with Gasteiger partial charge in [0, 0.05) is 77.8 Å². The fourth-order valence-electron chi connectivity index (χ4n) is 11.9. The van der Waals surface area contributed by atoms with Crippen molar-refractivity contribution >= 4 is 147 Å². The second-order valence-electron chi connectivity index (χ2n) is 23.9. The Kier molecular flexibility index (Phi) is 31.1. The Balaban J connectivity index is 0.000000135. The van der Waals surface area contributed by atoms with Crippen molar-refractivity contribution in [3.63, 3.8) is 0 Å². The summed E-state index contributed by atoms with van der Waals surface area (Å²) in [7, 11) is 3.29. The van der Waals surface area contributed by atoms with E-state index in [9.17, 15) is 0 Å². The second-order valence-corrected chi connectivity index (χ2v) is 27.5. The summed E-state index contributed by atoms with van der Waals surface area (Å²) >= 11 is 15.7. The number of aromatic hydroxyl groups is 1. The van der Waals surface area contributed by atoms with Gasteiger partial charge in [0.25, 0.3) is 0 Å². The van der Waals surface area contributed by atoms with E-state index in [2.05, 4.69) is 272 Å². The van der Waals surface area contributed by atoms with E-state index in [0.717, 1.165) is 88.1 Å². The molecule has 1 aliphatic rings. The lowest BCUT2D eigenvalue weighted by Gasteiger charge is -2.10. The van der Waals surface area contributed by atoms with Crippen LogP contribution in [0.3, 0.4) is 0 Å². The smallest absolute Gasteiger partial charge is 0.137 e. The Morgan fingerprint density at radius 1 is 0.360 bits per heavy atom. The number of halogens is 6. The number of H-pyrrole nitrogens is 1. The molecule has 0 bridgehead atoms. The number of ether oxygens (including phenoxy) is 3. The average Bonchev–Trinajstić information content (AvgIpc) is 1.61. The molecule has 19 aromatic rings. The number of aromatic amines is 1. The topological polar surface area (TPSA) is 230 Å². The summed E-state index contributed by atoms with van der Waals surface area (Å²) in [6.07, 6.45) is 19.8. The third-order valence-corrected chi connectivity index (χ3v) is 18.7. The van der Waals surface area contributed by atoms with E-state index in [1.165, 1.54) is 53.9 Å². The van der Waals surface area contributed by atoms with Crippen molar-refractivity contribution < 1.29 is 19.3 Å². The van der Waals surface area contributed by atoms with Crippen LogP contribution >= 0.6 is 103 Å². The highest BCUT2D eigenvalue weighted by atomic mass is 127. The van der Waals surface area contributed by atoms with E-state index in [-0.39, 0.29) is 22.7 Å². The van der Waals surface area contributed by atoms with Gasteiger partial charge < -0.3 is 19.3 Å². The SMILES string of the molecule is Br.Brc1ccc2c(c1)Cc1ccccc1-2.Brc1ccc2c3ccccc3n(-c3ccccn3)c2c1.Brc1ccccn1.CI.COc1cccc(-n2ccnn2)c1.COc1cccc(Br)c1.Oc1cccc(-n2ccnn2)c1.c1ccc(-n2c3ccccc3c3ccc(Oc4cccc(-n5ccnn5)c4)cc32)nc1.c1cn[nH]n1. The van der Waals surface area contributed by atoms with Crippen molar-refractivity contribution in [2.24, 2.45) is 0 Å². The molecule has 0 saturated carbocycles. The molecule has 114 heavy (non-hydrogen) atoms. The van der Waals surface area contributed by atoms with Gasteiger partial charge in [-0.1, -0.05) is 201 Å². The number of methoxy groups -OCH3 is 2. The number of para-hydroxylation sites is 2. The molecule has 21 nitrogen and oxygen atoms in total. The first kappa shape index (κ1) is 83.1. The zero-order valence-corrected chi connectivity index (χ0v) is 71.5. The van der Waals surface area contributed by atoms with Gasteiger partial charge in [0.1, 0.15) is 45.0 Å². The van der Waals surface area contributed by atoms with Gasteiger partial charge in [-0.05, 0) is 189 Å². The molecule has 9 aromatic heterocycles. The summed E-state index contributed by atoms with van der Waals surface area (Å²) in [5.74, 6) is 5.22. The summed E-state index contributed by atoms with van der Waals surface area (Å²) in [5.41, 5.74) is 12.8. The number of alkyl halides is 1. The number of hydrogen-bond donors (Lipinski definition) is 2. The Hall–Kier alpha value is -11.9. The molecule has 0 fully saturated rings. The summed E-state index contributed by atoms with van der Waals surface area (Å²) < 4.78 is 29.8. The number of nitrogens with zero attached hydrogens (tertiary/aromatic N) is 16. The molecule has 0 unspecified atom stereocenters. The summed E-state index contributed by atoms with van der Waals surface area (Å²) in [6, 6.07) is 92.1. The highest BCUT2D eigenvalue weighted by Gasteiger charge is 2.18. The Morgan fingerprint density at radius 3 is 1.31 bits per heavy atom. The second kappa shape index (κ2) is 42.7. The van der Waals surface area contributed by atoms with Crippen LogP contribution in [0.25, 0.3) is 83.4 Å². The third-order valence-electron chi connectivity index (χ3n) is 16.8. The van der Waals surface area contributed by atoms with E-state index < -0.39 is 0 Å². The molecule has 0 spiro atoms. The molecule has 27 heteroatoms. The standard InChI is InChI=1S/C25H17N5O.C17H11BrN2.C13H9Br.C9H9N3O.C8H7N3O.C7H7BrO.C5H4BrN.C2H3N3.CH3I.BrH/c1-2-9-23-21(8-1)22-12-11-20(17-24(22)30(23)25-10-3-4-13-26-25)31-19-7-5-6-18(16-19)29-15-14-27-28-29;18-12-8-9-14-13-5-1-2-6-15(13)20(16(14)11-12)17-7-3-4-10-19-17;14-11-5-6-13-10(8-11)7-9-3-1-2-4-12(9)13;1-13-9-4-2-3-8(7-9)12-6-5-10-11-12;12-8-3-1-2-7(6-8)11-5-4-9-10-11;1-9-7-4-2-3-6(8)5-7;6-5-3-1-2-4-7-5;1-2-4-5-3-1;1-2;/h1-17H;1-11H;1-6,8H,7H2;2-7H,1H3;1-6,12H;2-5H,1H3;1-4H;1-2H,(H,3,4,5);1H3;1H. The van der Waals surface area contributed by atoms with Crippen molar-refractivity contribution in [2.75, 3.05) is 19.2 Å². The minimum Gasteiger partial charge on any atom is -0.508 e. The Morgan fingerprint density at radius 2 is 0.807 bits per heavy atom. The van der Waals surface area contributed by atoms with E-state index in [0.29, 0.717) is 0 Å². The quantitative estimate of drug-likeness (QED) is 0.0777. The lowest BCUT2D eigenvalue weighted by atomic mass is 10.1. The number of pyridine rings is 3.